The zero-order chi connectivity index (χ0) is 16.6. The van der Waals surface area contributed by atoms with Gasteiger partial charge in [-0.3, -0.25) is 4.90 Å². The highest BCUT2D eigenvalue weighted by Crippen LogP contribution is 2.10. The molecule has 3 rings (SSSR count). The van der Waals surface area contributed by atoms with Crippen LogP contribution in [0, 0.1) is 0 Å². The Labute approximate surface area is 142 Å². The fraction of sp³-hybridized carbons (Fsp3) is 0.444. The standard InChI is InChI=1S/C18H24N4O2/c23-17(15-24-14-16-5-2-1-3-6-16)13-21-9-11-22(12-10-21)18-19-7-4-8-20-18/h1-8,17,23H,9-15H2/t17-/m1/s1. The molecule has 1 aliphatic rings. The Kier molecular flexibility index (Phi) is 6.12. The molecule has 0 bridgehead atoms. The van der Waals surface area contributed by atoms with Crippen molar-refractivity contribution in [2.45, 2.75) is 12.7 Å². The number of ether oxygens (including phenoxy) is 1. The minimum atomic E-state index is -0.465. The first kappa shape index (κ1) is 16.8. The van der Waals surface area contributed by atoms with E-state index < -0.39 is 6.10 Å². The van der Waals surface area contributed by atoms with Crippen molar-refractivity contribution in [2.24, 2.45) is 0 Å². The Bertz CT molecular complexity index is 588. The molecule has 24 heavy (non-hydrogen) atoms. The Morgan fingerprint density at radius 3 is 2.42 bits per heavy atom. The summed E-state index contributed by atoms with van der Waals surface area (Å²) in [6, 6.07) is 11.8. The molecule has 128 valence electrons. The maximum absolute atomic E-state index is 10.2. The fourth-order valence-electron chi connectivity index (χ4n) is 2.82. The normalized spacial score (nSPS) is 17.0. The van der Waals surface area contributed by atoms with Gasteiger partial charge in [-0.25, -0.2) is 9.97 Å². The second kappa shape index (κ2) is 8.73. The zero-order valence-corrected chi connectivity index (χ0v) is 13.8. The molecule has 0 radical (unpaired) electrons. The lowest BCUT2D eigenvalue weighted by atomic mass is 10.2. The zero-order valence-electron chi connectivity index (χ0n) is 13.8. The van der Waals surface area contributed by atoms with Gasteiger partial charge >= 0.3 is 0 Å². The molecule has 1 saturated heterocycles. The molecule has 1 aromatic heterocycles. The van der Waals surface area contributed by atoms with Crippen LogP contribution in [0.1, 0.15) is 5.56 Å². The number of β-amino-alcohol motifs (C(OH)–C–C–N with tert-alkyl or cyclic N) is 1. The van der Waals surface area contributed by atoms with E-state index in [0.29, 0.717) is 19.8 Å². The first-order chi connectivity index (χ1) is 11.8. The molecular weight excluding hydrogens is 304 g/mol. The first-order valence-electron chi connectivity index (χ1n) is 8.35. The van der Waals surface area contributed by atoms with E-state index in [2.05, 4.69) is 19.8 Å². The summed E-state index contributed by atoms with van der Waals surface area (Å²) in [7, 11) is 0. The second-order valence-electron chi connectivity index (χ2n) is 5.99. The van der Waals surface area contributed by atoms with Crippen molar-refractivity contribution in [3.63, 3.8) is 0 Å². The van der Waals surface area contributed by atoms with E-state index in [1.54, 1.807) is 12.4 Å². The third-order valence-electron chi connectivity index (χ3n) is 4.10. The van der Waals surface area contributed by atoms with Gasteiger partial charge in [0.15, 0.2) is 0 Å². The van der Waals surface area contributed by atoms with Crippen molar-refractivity contribution in [3.05, 3.63) is 54.4 Å². The van der Waals surface area contributed by atoms with Crippen LogP contribution >= 0.6 is 0 Å². The van der Waals surface area contributed by atoms with Crippen molar-refractivity contribution in [3.8, 4) is 0 Å². The molecule has 6 nitrogen and oxygen atoms in total. The fourth-order valence-corrected chi connectivity index (χ4v) is 2.82. The number of aliphatic hydroxyl groups excluding tert-OH is 1. The molecule has 1 N–H and O–H groups in total. The third-order valence-corrected chi connectivity index (χ3v) is 4.10. The van der Waals surface area contributed by atoms with E-state index in [-0.39, 0.29) is 0 Å². The van der Waals surface area contributed by atoms with Crippen molar-refractivity contribution in [2.75, 3.05) is 44.2 Å². The molecule has 6 heteroatoms. The highest BCUT2D eigenvalue weighted by atomic mass is 16.5. The van der Waals surface area contributed by atoms with E-state index in [1.165, 1.54) is 0 Å². The number of benzene rings is 1. The van der Waals surface area contributed by atoms with Crippen LogP contribution < -0.4 is 4.90 Å². The number of aromatic nitrogens is 2. The van der Waals surface area contributed by atoms with Crippen molar-refractivity contribution in [1.82, 2.24) is 14.9 Å². The molecule has 0 aliphatic carbocycles. The lowest BCUT2D eigenvalue weighted by Crippen LogP contribution is -2.49. The minimum Gasteiger partial charge on any atom is -0.389 e. The van der Waals surface area contributed by atoms with Gasteiger partial charge in [-0.05, 0) is 11.6 Å². The van der Waals surface area contributed by atoms with Crippen LogP contribution in [-0.4, -0.2) is 65.4 Å². The van der Waals surface area contributed by atoms with Gasteiger partial charge in [-0.1, -0.05) is 30.3 Å². The molecule has 1 aliphatic heterocycles. The molecule has 0 spiro atoms. The molecule has 1 atom stereocenters. The summed E-state index contributed by atoms with van der Waals surface area (Å²) < 4.78 is 5.61. The highest BCUT2D eigenvalue weighted by molar-refractivity contribution is 5.29. The second-order valence-corrected chi connectivity index (χ2v) is 5.99. The first-order valence-corrected chi connectivity index (χ1v) is 8.35. The summed E-state index contributed by atoms with van der Waals surface area (Å²) in [6.07, 6.45) is 3.07. The lowest BCUT2D eigenvalue weighted by Gasteiger charge is -2.35. The Morgan fingerprint density at radius 1 is 1.00 bits per heavy atom. The third kappa shape index (κ3) is 4.99. The summed E-state index contributed by atoms with van der Waals surface area (Å²) in [4.78, 5) is 13.0. The van der Waals surface area contributed by atoms with E-state index in [0.717, 1.165) is 37.7 Å². The molecule has 2 aromatic rings. The van der Waals surface area contributed by atoms with E-state index >= 15 is 0 Å². The van der Waals surface area contributed by atoms with Crippen molar-refractivity contribution < 1.29 is 9.84 Å². The van der Waals surface area contributed by atoms with Gasteiger partial charge in [0.2, 0.25) is 5.95 Å². The lowest BCUT2D eigenvalue weighted by molar-refractivity contribution is 0.00910. The Morgan fingerprint density at radius 2 is 1.71 bits per heavy atom. The van der Waals surface area contributed by atoms with Crippen LogP contribution in [0.4, 0.5) is 5.95 Å². The van der Waals surface area contributed by atoms with E-state index in [4.69, 9.17) is 4.74 Å². The van der Waals surface area contributed by atoms with Gasteiger partial charge in [-0.15, -0.1) is 0 Å². The quantitative estimate of drug-likeness (QED) is 0.823. The molecule has 0 unspecified atom stereocenters. The Hall–Kier alpha value is -2.02. The summed E-state index contributed by atoms with van der Waals surface area (Å²) in [6.45, 7) is 5.08. The van der Waals surface area contributed by atoms with Gasteiger partial charge in [0.1, 0.15) is 0 Å². The Balaban J connectivity index is 1.35. The van der Waals surface area contributed by atoms with Crippen LogP contribution in [0.25, 0.3) is 0 Å². The van der Waals surface area contributed by atoms with Crippen molar-refractivity contribution >= 4 is 5.95 Å². The molecule has 1 fully saturated rings. The van der Waals surface area contributed by atoms with Crippen LogP contribution in [0.3, 0.4) is 0 Å². The minimum absolute atomic E-state index is 0.358. The summed E-state index contributed by atoms with van der Waals surface area (Å²) in [5.74, 6) is 0.781. The van der Waals surface area contributed by atoms with E-state index in [1.807, 2.05) is 36.4 Å². The number of nitrogens with zero attached hydrogens (tertiary/aromatic N) is 4. The predicted molar refractivity (Wildman–Crippen MR) is 92.8 cm³/mol. The van der Waals surface area contributed by atoms with Crippen LogP contribution in [0.15, 0.2) is 48.8 Å². The van der Waals surface area contributed by atoms with Crippen LogP contribution in [-0.2, 0) is 11.3 Å². The number of rotatable bonds is 7. The van der Waals surface area contributed by atoms with Crippen LogP contribution in [0.2, 0.25) is 0 Å². The highest BCUT2D eigenvalue weighted by Gasteiger charge is 2.20. The summed E-state index contributed by atoms with van der Waals surface area (Å²) >= 11 is 0. The number of hydrogen-bond acceptors (Lipinski definition) is 6. The average molecular weight is 328 g/mol. The maximum atomic E-state index is 10.2. The van der Waals surface area contributed by atoms with Gasteiger partial charge < -0.3 is 14.7 Å². The number of anilines is 1. The summed E-state index contributed by atoms with van der Waals surface area (Å²) in [5.41, 5.74) is 1.13. The molecule has 0 amide bonds. The summed E-state index contributed by atoms with van der Waals surface area (Å²) in [5, 5.41) is 10.2. The predicted octanol–water partition coefficient (Wildman–Crippen LogP) is 1.18. The molecule has 0 saturated carbocycles. The molecule has 2 heterocycles. The van der Waals surface area contributed by atoms with Gasteiger partial charge in [-0.2, -0.15) is 0 Å². The largest absolute Gasteiger partial charge is 0.389 e. The van der Waals surface area contributed by atoms with Gasteiger partial charge in [0.25, 0.3) is 0 Å². The van der Waals surface area contributed by atoms with Crippen molar-refractivity contribution in [1.29, 1.82) is 0 Å². The van der Waals surface area contributed by atoms with Crippen LogP contribution in [0.5, 0.6) is 0 Å². The number of hydrogen-bond donors (Lipinski definition) is 1. The number of piperazine rings is 1. The molecule has 1 aromatic carbocycles. The number of aliphatic hydroxyl groups is 1. The molecular formula is C18H24N4O2. The van der Waals surface area contributed by atoms with E-state index in [9.17, 15) is 5.11 Å². The smallest absolute Gasteiger partial charge is 0.225 e. The topological polar surface area (TPSA) is 61.7 Å². The SMILES string of the molecule is O[C@@H](COCc1ccccc1)CN1CCN(c2ncccn2)CC1. The average Bonchev–Trinajstić information content (AvgIpc) is 2.64. The monoisotopic (exact) mass is 328 g/mol. The van der Waals surface area contributed by atoms with Gasteiger partial charge in [0, 0.05) is 45.1 Å². The maximum Gasteiger partial charge on any atom is 0.225 e. The van der Waals surface area contributed by atoms with Gasteiger partial charge in [0.05, 0.1) is 19.3 Å².